The van der Waals surface area contributed by atoms with Crippen LogP contribution >= 0.6 is 27.5 Å². The number of halogens is 2. The van der Waals surface area contributed by atoms with Gasteiger partial charge < -0.3 is 0 Å². The third-order valence-electron chi connectivity index (χ3n) is 1.81. The van der Waals surface area contributed by atoms with Gasteiger partial charge in [0.2, 0.25) is 0 Å². The molecule has 1 aromatic rings. The van der Waals surface area contributed by atoms with Gasteiger partial charge in [-0.25, -0.2) is 0 Å². The molecule has 4 heteroatoms. The molecule has 68 valence electrons. The van der Waals surface area contributed by atoms with Gasteiger partial charge >= 0.3 is 0 Å². The van der Waals surface area contributed by atoms with E-state index in [1.54, 1.807) is 0 Å². The molecule has 0 aliphatic carbocycles. The first-order valence-corrected chi connectivity index (χ1v) is 5.23. The minimum Gasteiger partial charge on any atom is -0.271 e. The van der Waals surface area contributed by atoms with Crippen LogP contribution in [0.5, 0.6) is 0 Å². The maximum absolute atomic E-state index is 5.62. The van der Waals surface area contributed by atoms with E-state index in [1.165, 1.54) is 5.69 Å². The second-order valence-corrected chi connectivity index (χ2v) is 3.93. The summed E-state index contributed by atoms with van der Waals surface area (Å²) >= 11 is 9.12. The molecule has 0 unspecified atom stereocenters. The number of rotatable bonds is 3. The number of aromatic nitrogens is 2. The van der Waals surface area contributed by atoms with E-state index in [1.807, 2.05) is 18.7 Å². The molecule has 0 spiro atoms. The van der Waals surface area contributed by atoms with Crippen LogP contribution in [0.1, 0.15) is 17.8 Å². The van der Waals surface area contributed by atoms with Gasteiger partial charge in [0.25, 0.3) is 0 Å². The Morgan fingerprint density at radius 3 is 2.67 bits per heavy atom. The minimum absolute atomic E-state index is 0.705. The number of alkyl halides is 1. The Labute approximate surface area is 86.0 Å². The smallest absolute Gasteiger partial charge is 0.0738 e. The molecule has 0 radical (unpaired) electrons. The maximum atomic E-state index is 5.62. The summed E-state index contributed by atoms with van der Waals surface area (Å²) in [6.07, 6.45) is 1.99. The lowest BCUT2D eigenvalue weighted by atomic mass is 10.2. The topological polar surface area (TPSA) is 17.8 Å². The van der Waals surface area contributed by atoms with E-state index < -0.39 is 0 Å². The standard InChI is InChI=1S/C8H12BrClN2/c1-6-8(9)7(4-3-5-10)12(2)11-6/h3-5H2,1-2H3. The van der Waals surface area contributed by atoms with Gasteiger partial charge in [0.15, 0.2) is 0 Å². The number of aryl methyl sites for hydroxylation is 2. The molecule has 0 amide bonds. The highest BCUT2D eigenvalue weighted by Crippen LogP contribution is 2.21. The fraction of sp³-hybridized carbons (Fsp3) is 0.625. The molecule has 0 atom stereocenters. The highest BCUT2D eigenvalue weighted by atomic mass is 79.9. The van der Waals surface area contributed by atoms with Crippen LogP contribution in [0.4, 0.5) is 0 Å². The van der Waals surface area contributed by atoms with Gasteiger partial charge in [0, 0.05) is 12.9 Å². The number of hydrogen-bond donors (Lipinski definition) is 0. The van der Waals surface area contributed by atoms with Gasteiger partial charge in [-0.1, -0.05) is 0 Å². The Bertz CT molecular complexity index is 270. The van der Waals surface area contributed by atoms with E-state index in [0.29, 0.717) is 5.88 Å². The second-order valence-electron chi connectivity index (χ2n) is 2.76. The molecule has 2 nitrogen and oxygen atoms in total. The van der Waals surface area contributed by atoms with Gasteiger partial charge in [-0.15, -0.1) is 11.6 Å². The second kappa shape index (κ2) is 4.28. The highest BCUT2D eigenvalue weighted by Gasteiger charge is 2.08. The van der Waals surface area contributed by atoms with Crippen LogP contribution in [-0.4, -0.2) is 15.7 Å². The van der Waals surface area contributed by atoms with E-state index in [0.717, 1.165) is 23.0 Å². The van der Waals surface area contributed by atoms with Crippen LogP contribution in [0, 0.1) is 6.92 Å². The molecule has 1 aromatic heterocycles. The van der Waals surface area contributed by atoms with E-state index in [-0.39, 0.29) is 0 Å². The highest BCUT2D eigenvalue weighted by molar-refractivity contribution is 9.10. The van der Waals surface area contributed by atoms with E-state index in [9.17, 15) is 0 Å². The predicted molar refractivity (Wildman–Crippen MR) is 54.7 cm³/mol. The average molecular weight is 252 g/mol. The van der Waals surface area contributed by atoms with Crippen LogP contribution in [0.3, 0.4) is 0 Å². The van der Waals surface area contributed by atoms with Gasteiger partial charge in [-0.2, -0.15) is 5.10 Å². The lowest BCUT2D eigenvalue weighted by Crippen LogP contribution is -1.98. The number of hydrogen-bond acceptors (Lipinski definition) is 1. The zero-order valence-electron chi connectivity index (χ0n) is 7.27. The van der Waals surface area contributed by atoms with Gasteiger partial charge in [-0.3, -0.25) is 4.68 Å². The largest absolute Gasteiger partial charge is 0.271 e. The quantitative estimate of drug-likeness (QED) is 0.755. The fourth-order valence-corrected chi connectivity index (χ4v) is 1.85. The van der Waals surface area contributed by atoms with Crippen molar-refractivity contribution in [1.29, 1.82) is 0 Å². The third kappa shape index (κ3) is 2.02. The summed E-state index contributed by atoms with van der Waals surface area (Å²) in [4.78, 5) is 0. The van der Waals surface area contributed by atoms with Crippen molar-refractivity contribution in [3.63, 3.8) is 0 Å². The van der Waals surface area contributed by atoms with Crippen LogP contribution in [0.25, 0.3) is 0 Å². The third-order valence-corrected chi connectivity index (χ3v) is 3.11. The average Bonchev–Trinajstić information content (AvgIpc) is 2.25. The molecule has 0 saturated carbocycles. The summed E-state index contributed by atoms with van der Waals surface area (Å²) in [5, 5.41) is 4.29. The molecule has 0 bridgehead atoms. The zero-order valence-corrected chi connectivity index (χ0v) is 9.61. The first-order chi connectivity index (χ1) is 5.66. The molecule has 12 heavy (non-hydrogen) atoms. The van der Waals surface area contributed by atoms with Crippen molar-refractivity contribution in [2.24, 2.45) is 7.05 Å². The monoisotopic (exact) mass is 250 g/mol. The van der Waals surface area contributed by atoms with Crippen LogP contribution in [0.2, 0.25) is 0 Å². The Kier molecular flexibility index (Phi) is 3.59. The first-order valence-electron chi connectivity index (χ1n) is 3.90. The molecule has 0 saturated heterocycles. The Balaban J connectivity index is 2.82. The van der Waals surface area contributed by atoms with E-state index in [4.69, 9.17) is 11.6 Å². The molecular formula is C8H12BrClN2. The van der Waals surface area contributed by atoms with Gasteiger partial charge in [0.05, 0.1) is 15.9 Å². The molecule has 0 fully saturated rings. The molecular weight excluding hydrogens is 239 g/mol. The van der Waals surface area contributed by atoms with Crippen LogP contribution < -0.4 is 0 Å². The zero-order chi connectivity index (χ0) is 9.14. The summed E-state index contributed by atoms with van der Waals surface area (Å²) in [6.45, 7) is 1.99. The first kappa shape index (κ1) is 10.1. The summed E-state index contributed by atoms with van der Waals surface area (Å²) in [5.41, 5.74) is 2.27. The van der Waals surface area contributed by atoms with Crippen LogP contribution in [0.15, 0.2) is 4.47 Å². The Morgan fingerprint density at radius 1 is 1.58 bits per heavy atom. The Morgan fingerprint density at radius 2 is 2.25 bits per heavy atom. The Hall–Kier alpha value is -0.0200. The number of nitrogens with zero attached hydrogens (tertiary/aromatic N) is 2. The summed E-state index contributed by atoms with van der Waals surface area (Å²) in [7, 11) is 1.96. The van der Waals surface area contributed by atoms with Gasteiger partial charge in [0.1, 0.15) is 0 Å². The maximum Gasteiger partial charge on any atom is 0.0738 e. The molecule has 1 rings (SSSR count). The molecule has 0 N–H and O–H groups in total. The van der Waals surface area contributed by atoms with Gasteiger partial charge in [-0.05, 0) is 35.7 Å². The van der Waals surface area contributed by atoms with Crippen molar-refractivity contribution in [2.45, 2.75) is 19.8 Å². The van der Waals surface area contributed by atoms with Crippen molar-refractivity contribution in [3.05, 3.63) is 15.9 Å². The van der Waals surface area contributed by atoms with Crippen LogP contribution in [-0.2, 0) is 13.5 Å². The molecule has 0 aliphatic rings. The minimum atomic E-state index is 0.705. The summed E-state index contributed by atoms with van der Waals surface area (Å²) < 4.78 is 3.03. The lowest BCUT2D eigenvalue weighted by molar-refractivity contribution is 0.692. The van der Waals surface area contributed by atoms with Crippen molar-refractivity contribution >= 4 is 27.5 Å². The van der Waals surface area contributed by atoms with Crippen molar-refractivity contribution < 1.29 is 0 Å². The summed E-state index contributed by atoms with van der Waals surface area (Å²) in [5.74, 6) is 0.705. The fourth-order valence-electron chi connectivity index (χ4n) is 1.19. The molecule has 0 aliphatic heterocycles. The normalized spacial score (nSPS) is 10.7. The lowest BCUT2D eigenvalue weighted by Gasteiger charge is -1.99. The van der Waals surface area contributed by atoms with Crippen molar-refractivity contribution in [3.8, 4) is 0 Å². The molecule has 0 aromatic carbocycles. The predicted octanol–water partition coefficient (Wildman–Crippen LogP) is 2.66. The molecule has 1 heterocycles. The van der Waals surface area contributed by atoms with E-state index in [2.05, 4.69) is 21.0 Å². The van der Waals surface area contributed by atoms with Crippen molar-refractivity contribution in [1.82, 2.24) is 9.78 Å². The summed E-state index contributed by atoms with van der Waals surface area (Å²) in [6, 6.07) is 0. The van der Waals surface area contributed by atoms with E-state index >= 15 is 0 Å². The SMILES string of the molecule is Cc1nn(C)c(CCCCl)c1Br. The van der Waals surface area contributed by atoms with Crippen molar-refractivity contribution in [2.75, 3.05) is 5.88 Å².